The first-order valence-electron chi connectivity index (χ1n) is 13.1. The van der Waals surface area contributed by atoms with E-state index in [0.717, 1.165) is 0 Å². The van der Waals surface area contributed by atoms with Gasteiger partial charge in [0.1, 0.15) is 40.5 Å². The number of nitrogens with one attached hydrogen (secondary N) is 2. The molecule has 0 saturated heterocycles. The molecule has 2 aromatic heterocycles. The Kier molecular flexibility index (Phi) is 6.93. The third kappa shape index (κ3) is 4.97. The minimum Gasteiger partial charge on any atom is -0.484 e. The Labute approximate surface area is 239 Å². The van der Waals surface area contributed by atoms with Crippen molar-refractivity contribution in [1.29, 1.82) is 0 Å². The summed E-state index contributed by atoms with van der Waals surface area (Å²) in [5, 5.41) is 7.49. The van der Waals surface area contributed by atoms with Gasteiger partial charge in [0.2, 0.25) is 5.91 Å². The molecule has 0 spiro atoms. The maximum Gasteiger partial charge on any atom is 0.261 e. The molecule has 0 radical (unpaired) electrons. The van der Waals surface area contributed by atoms with Crippen molar-refractivity contribution in [1.82, 2.24) is 19.7 Å². The van der Waals surface area contributed by atoms with Crippen molar-refractivity contribution in [3.05, 3.63) is 101 Å². The van der Waals surface area contributed by atoms with Crippen molar-refractivity contribution in [3.63, 3.8) is 0 Å². The van der Waals surface area contributed by atoms with Gasteiger partial charge in [-0.3, -0.25) is 9.59 Å². The van der Waals surface area contributed by atoms with Crippen LogP contribution in [0.1, 0.15) is 5.69 Å². The molecule has 0 unspecified atom stereocenters. The van der Waals surface area contributed by atoms with Gasteiger partial charge in [0.05, 0.1) is 11.4 Å². The lowest BCUT2D eigenvalue weighted by Gasteiger charge is -2.23. The van der Waals surface area contributed by atoms with E-state index in [9.17, 15) is 14.0 Å². The number of hydrogen-bond donors (Lipinski definition) is 3. The summed E-state index contributed by atoms with van der Waals surface area (Å²) >= 11 is 0. The molecule has 1 amide bonds. The summed E-state index contributed by atoms with van der Waals surface area (Å²) in [6, 6.07) is 19.3. The summed E-state index contributed by atoms with van der Waals surface area (Å²) in [6.45, 7) is 0.486. The van der Waals surface area contributed by atoms with E-state index in [1.807, 2.05) is 49.3 Å². The predicted octanol–water partition coefficient (Wildman–Crippen LogP) is 4.84. The van der Waals surface area contributed by atoms with E-state index in [0.29, 0.717) is 46.1 Å². The summed E-state index contributed by atoms with van der Waals surface area (Å²) in [4.78, 5) is 30.4. The Balaban J connectivity index is 1.40. The summed E-state index contributed by atoms with van der Waals surface area (Å²) in [6.07, 6.45) is 3.01. The number of hydrogen-bond acceptors (Lipinski definition) is 7. The van der Waals surface area contributed by atoms with Crippen LogP contribution in [0.2, 0.25) is 0 Å². The fraction of sp³-hybridized carbons (Fsp3) is 0.129. The number of pyridine rings is 1. The normalized spacial score (nSPS) is 12.3. The molecule has 5 aromatic rings. The van der Waals surface area contributed by atoms with E-state index in [1.165, 1.54) is 22.9 Å². The average Bonchev–Trinajstić information content (AvgIpc) is 3.32. The van der Waals surface area contributed by atoms with Gasteiger partial charge in [-0.25, -0.2) is 9.07 Å². The van der Waals surface area contributed by atoms with Gasteiger partial charge in [0.25, 0.3) is 5.56 Å². The third-order valence-corrected chi connectivity index (χ3v) is 6.74. The quantitative estimate of drug-likeness (QED) is 0.241. The topological polar surface area (TPSA) is 128 Å². The van der Waals surface area contributed by atoms with E-state index in [1.54, 1.807) is 30.3 Å². The number of nitrogens with two attached hydrogens (primary N) is 1. The lowest BCUT2D eigenvalue weighted by atomic mass is 9.97. The zero-order chi connectivity index (χ0) is 29.4. The lowest BCUT2D eigenvalue weighted by molar-refractivity contribution is -0.112. The number of fused-ring (bicyclic) bond motifs is 5. The fourth-order valence-corrected chi connectivity index (χ4v) is 4.81. The van der Waals surface area contributed by atoms with E-state index in [-0.39, 0.29) is 29.2 Å². The van der Waals surface area contributed by atoms with Gasteiger partial charge >= 0.3 is 0 Å². The number of aromatic nitrogens is 3. The molecule has 6 rings (SSSR count). The Hall–Kier alpha value is -5.42. The largest absolute Gasteiger partial charge is 0.484 e. The Morgan fingerprint density at radius 3 is 2.62 bits per heavy atom. The molecule has 0 saturated carbocycles. The fourth-order valence-electron chi connectivity index (χ4n) is 4.81. The molecule has 212 valence electrons. The summed E-state index contributed by atoms with van der Waals surface area (Å²) < 4.78 is 28.2. The van der Waals surface area contributed by atoms with Crippen LogP contribution >= 0.6 is 0 Å². The van der Waals surface area contributed by atoms with Crippen LogP contribution < -0.4 is 26.1 Å². The third-order valence-electron chi connectivity index (χ3n) is 6.74. The highest BCUT2D eigenvalue weighted by atomic mass is 19.1. The Bertz CT molecular complexity index is 1900. The number of rotatable bonds is 7. The van der Waals surface area contributed by atoms with Crippen molar-refractivity contribution in [2.24, 2.45) is 0 Å². The van der Waals surface area contributed by atoms with Gasteiger partial charge in [-0.2, -0.15) is 5.10 Å². The molecule has 10 nitrogen and oxygen atoms in total. The zero-order valence-electron chi connectivity index (χ0n) is 22.8. The number of ether oxygens (including phenoxy) is 2. The number of aromatic amines is 1. The molecule has 0 bridgehead atoms. The molecule has 1 aliphatic rings. The van der Waals surface area contributed by atoms with Gasteiger partial charge in [0, 0.05) is 23.7 Å². The summed E-state index contributed by atoms with van der Waals surface area (Å²) in [5.74, 6) is 0.439. The van der Waals surface area contributed by atoms with Crippen molar-refractivity contribution >= 4 is 28.3 Å². The summed E-state index contributed by atoms with van der Waals surface area (Å²) in [7, 11) is 3.74. The number of nitrogen functional groups attached to an aromatic ring is 1. The second kappa shape index (κ2) is 10.9. The van der Waals surface area contributed by atoms with Crippen molar-refractivity contribution < 1.29 is 18.7 Å². The molecule has 3 aromatic carbocycles. The highest BCUT2D eigenvalue weighted by molar-refractivity contribution is 6.05. The molecule has 0 atom stereocenters. The highest BCUT2D eigenvalue weighted by Gasteiger charge is 2.29. The minimum atomic E-state index is -0.657. The highest BCUT2D eigenvalue weighted by Crippen LogP contribution is 2.45. The smallest absolute Gasteiger partial charge is 0.261 e. The van der Waals surface area contributed by atoms with Gasteiger partial charge < -0.3 is 30.4 Å². The maximum atomic E-state index is 15.0. The van der Waals surface area contributed by atoms with Crippen LogP contribution in [0.3, 0.4) is 0 Å². The maximum absolute atomic E-state index is 15.0. The van der Waals surface area contributed by atoms with Gasteiger partial charge in [-0.15, -0.1) is 0 Å². The summed E-state index contributed by atoms with van der Waals surface area (Å²) in [5.41, 5.74) is 8.35. The average molecular weight is 567 g/mol. The van der Waals surface area contributed by atoms with Crippen LogP contribution in [-0.2, 0) is 11.4 Å². The van der Waals surface area contributed by atoms with E-state index >= 15 is 0 Å². The lowest BCUT2D eigenvalue weighted by Crippen LogP contribution is -2.19. The number of amides is 1. The Morgan fingerprint density at radius 2 is 1.88 bits per heavy atom. The number of halogens is 1. The minimum absolute atomic E-state index is 0.0609. The molecule has 1 aliphatic heterocycles. The number of benzene rings is 3. The molecule has 0 aliphatic carbocycles. The monoisotopic (exact) mass is 566 g/mol. The van der Waals surface area contributed by atoms with Crippen LogP contribution in [0.5, 0.6) is 17.2 Å². The van der Waals surface area contributed by atoms with Crippen LogP contribution in [0.15, 0.2) is 83.7 Å². The molecular weight excluding hydrogens is 539 g/mol. The number of anilines is 2. The van der Waals surface area contributed by atoms with Gasteiger partial charge in [0.15, 0.2) is 11.6 Å². The van der Waals surface area contributed by atoms with Crippen LogP contribution in [-0.4, -0.2) is 46.2 Å². The van der Waals surface area contributed by atoms with Gasteiger partial charge in [-0.05, 0) is 62.6 Å². The van der Waals surface area contributed by atoms with Crippen molar-refractivity contribution in [2.75, 3.05) is 31.7 Å². The number of likely N-dealkylation sites (N-methyl/N-ethyl adjacent to an activating group) is 1. The van der Waals surface area contributed by atoms with Gasteiger partial charge in [-0.1, -0.05) is 24.3 Å². The van der Waals surface area contributed by atoms with E-state index < -0.39 is 17.3 Å². The molecular formula is C31H27FN6O4. The van der Waals surface area contributed by atoms with Crippen molar-refractivity contribution in [2.45, 2.75) is 6.61 Å². The van der Waals surface area contributed by atoms with Crippen LogP contribution in [0, 0.1) is 5.82 Å². The second-order valence-electron chi connectivity index (χ2n) is 9.98. The zero-order valence-corrected chi connectivity index (χ0v) is 22.8. The molecule has 0 fully saturated rings. The van der Waals surface area contributed by atoms with Crippen LogP contribution in [0.25, 0.3) is 27.7 Å². The molecule has 4 N–H and O–H groups in total. The van der Waals surface area contributed by atoms with E-state index in [4.69, 9.17) is 20.3 Å². The standard InChI is InChI=1S/C31H27FN6O4/c1-37(2)16-6-9-24(39)35-27-22(32)15-14-21-25-23(17-41-29(21)27)34-31(40)26-28(25)36-38(30(26)33)18-10-12-20(13-11-18)42-19-7-4-3-5-8-19/h3-15H,16-17,33H2,1-2H3,(H,34,40)(H,35,39). The number of carbonyl (C=O) groups is 1. The number of nitrogens with zero attached hydrogens (tertiary/aromatic N) is 3. The molecule has 3 heterocycles. The molecule has 11 heteroatoms. The first-order valence-corrected chi connectivity index (χ1v) is 13.1. The first-order chi connectivity index (χ1) is 20.3. The molecule has 42 heavy (non-hydrogen) atoms. The SMILES string of the molecule is CN(C)CC=CC(=O)Nc1c(F)ccc2c1OCc1[nH]c(=O)c3c(N)n(-c4ccc(Oc5ccccc5)cc4)nc3c1-2. The van der Waals surface area contributed by atoms with E-state index in [2.05, 4.69) is 10.3 Å². The predicted molar refractivity (Wildman–Crippen MR) is 159 cm³/mol. The Morgan fingerprint density at radius 1 is 1.14 bits per heavy atom. The van der Waals surface area contributed by atoms with Crippen molar-refractivity contribution in [3.8, 4) is 34.1 Å². The number of H-pyrrole nitrogens is 1. The number of carbonyl (C=O) groups excluding carboxylic acids is 1. The van der Waals surface area contributed by atoms with Crippen LogP contribution in [0.4, 0.5) is 15.9 Å². The second-order valence-corrected chi connectivity index (χ2v) is 9.98. The first kappa shape index (κ1) is 26.8. The number of para-hydroxylation sites is 1.